The van der Waals surface area contributed by atoms with Crippen molar-refractivity contribution in [3.63, 3.8) is 0 Å². The minimum absolute atomic E-state index is 0.0604. The van der Waals surface area contributed by atoms with Crippen molar-refractivity contribution in [1.29, 1.82) is 0 Å². The van der Waals surface area contributed by atoms with Crippen LogP contribution in [0.2, 0.25) is 0 Å². The first kappa shape index (κ1) is 15.4. The fourth-order valence-electron chi connectivity index (χ4n) is 2.81. The Bertz CT molecular complexity index is 926. The number of ether oxygens (including phenoxy) is 2. The maximum absolute atomic E-state index is 12.2. The number of aromatic nitrogens is 6. The van der Waals surface area contributed by atoms with Crippen LogP contribution in [-0.4, -0.2) is 49.8 Å². The lowest BCUT2D eigenvalue weighted by atomic mass is 10.0. The third kappa shape index (κ3) is 3.72. The third-order valence-electron chi connectivity index (χ3n) is 4.07. The molecule has 1 aliphatic rings. The average Bonchev–Trinajstić information content (AvgIpc) is 3.20. The number of aromatic amines is 1. The molecule has 3 aromatic rings. The monoisotopic (exact) mass is 366 g/mol. The predicted molar refractivity (Wildman–Crippen MR) is 87.4 cm³/mol. The number of rotatable bonds is 6. The molecular weight excluding hydrogens is 348 g/mol. The molecule has 2 N–H and O–H groups in total. The number of hydrogen-bond donors (Lipinski definition) is 2. The number of nitrogens with zero attached hydrogens (tertiary/aromatic N) is 5. The van der Waals surface area contributed by atoms with Gasteiger partial charge in [0.05, 0.1) is 13.7 Å². The van der Waals surface area contributed by atoms with Crippen LogP contribution in [0.4, 0.5) is 20.4 Å². The molecule has 138 valence electrons. The van der Waals surface area contributed by atoms with E-state index in [0.29, 0.717) is 35.3 Å². The molecule has 4 heterocycles. The summed E-state index contributed by atoms with van der Waals surface area (Å²) < 4.78 is 43.7. The van der Waals surface area contributed by atoms with E-state index in [4.69, 9.17) is 6.11 Å². The van der Waals surface area contributed by atoms with Gasteiger partial charge in [-0.2, -0.15) is 13.9 Å². The van der Waals surface area contributed by atoms with Crippen LogP contribution >= 0.6 is 0 Å². The highest BCUT2D eigenvalue weighted by atomic mass is 19.3. The van der Waals surface area contributed by atoms with Crippen molar-refractivity contribution in [3.8, 4) is 5.88 Å². The number of fused-ring (bicyclic) bond motifs is 1. The Hall–Kier alpha value is -2.82. The second kappa shape index (κ2) is 7.20. The quantitative estimate of drug-likeness (QED) is 0.690. The normalized spacial score (nSPS) is 16.2. The molecule has 4 rings (SSSR count). The summed E-state index contributed by atoms with van der Waals surface area (Å²) in [5.74, 6) is 0.852. The summed E-state index contributed by atoms with van der Waals surface area (Å²) in [6, 6.07) is 1.28. The standard InChI is InChI=1S/C15H17F2N7O2/c16-15(17)26-13-5-11(22-23-13)20-12-7-18-10-6-19-24(14(10)21-12)8-9-1-3-25-4-2-9/h5-7,9,15H,1-4,8H2,(H2,20,21,22,23)/i6D. The van der Waals surface area contributed by atoms with Gasteiger partial charge in [-0.1, -0.05) is 0 Å². The first-order chi connectivity index (χ1) is 13.1. The van der Waals surface area contributed by atoms with Crippen LogP contribution in [0, 0.1) is 5.92 Å². The Balaban J connectivity index is 1.55. The molecule has 1 aliphatic heterocycles. The van der Waals surface area contributed by atoms with Crippen LogP contribution < -0.4 is 10.1 Å². The summed E-state index contributed by atoms with van der Waals surface area (Å²) in [4.78, 5) is 8.71. The summed E-state index contributed by atoms with van der Waals surface area (Å²) in [6.45, 7) is -0.877. The van der Waals surface area contributed by atoms with Crippen LogP contribution in [0.1, 0.15) is 14.2 Å². The predicted octanol–water partition coefficient (Wildman–Crippen LogP) is 2.32. The number of halogens is 2. The van der Waals surface area contributed by atoms with E-state index in [-0.39, 0.29) is 12.1 Å². The maximum Gasteiger partial charge on any atom is 0.388 e. The SMILES string of the molecule is [2H]c1nn(CC2CCOCC2)c2nc(Nc3cc(OC(F)F)n[nH]3)cnc12. The Morgan fingerprint density at radius 2 is 2.31 bits per heavy atom. The third-order valence-corrected chi connectivity index (χ3v) is 4.07. The van der Waals surface area contributed by atoms with Gasteiger partial charge in [-0.3, -0.25) is 5.10 Å². The lowest BCUT2D eigenvalue weighted by molar-refractivity contribution is -0.0528. The minimum Gasteiger partial charge on any atom is -0.415 e. The number of H-pyrrole nitrogens is 1. The summed E-state index contributed by atoms with van der Waals surface area (Å²) in [7, 11) is 0. The van der Waals surface area contributed by atoms with Gasteiger partial charge in [0.1, 0.15) is 11.3 Å². The molecule has 0 amide bonds. The van der Waals surface area contributed by atoms with E-state index < -0.39 is 6.61 Å². The van der Waals surface area contributed by atoms with Crippen LogP contribution in [0.25, 0.3) is 11.2 Å². The molecule has 0 radical (unpaired) electrons. The van der Waals surface area contributed by atoms with Crippen LogP contribution in [0.15, 0.2) is 18.4 Å². The van der Waals surface area contributed by atoms with Gasteiger partial charge in [-0.25, -0.2) is 14.6 Å². The van der Waals surface area contributed by atoms with Gasteiger partial charge in [0.25, 0.3) is 0 Å². The minimum atomic E-state index is -2.95. The summed E-state index contributed by atoms with van der Waals surface area (Å²) in [6.07, 6.45) is 3.36. The smallest absolute Gasteiger partial charge is 0.388 e. The molecule has 0 saturated carbocycles. The fraction of sp³-hybridized carbons (Fsp3) is 0.467. The molecule has 0 bridgehead atoms. The van der Waals surface area contributed by atoms with Gasteiger partial charge in [-0.15, -0.1) is 5.10 Å². The lowest BCUT2D eigenvalue weighted by Crippen LogP contribution is -2.21. The zero-order chi connectivity index (χ0) is 18.8. The van der Waals surface area contributed by atoms with Gasteiger partial charge in [0.2, 0.25) is 5.88 Å². The maximum atomic E-state index is 12.2. The summed E-state index contributed by atoms with van der Waals surface area (Å²) >= 11 is 0. The molecule has 26 heavy (non-hydrogen) atoms. The summed E-state index contributed by atoms with van der Waals surface area (Å²) in [5.41, 5.74) is 0.888. The largest absolute Gasteiger partial charge is 0.415 e. The zero-order valence-electron chi connectivity index (χ0n) is 14.7. The van der Waals surface area contributed by atoms with Crippen molar-refractivity contribution < 1.29 is 19.6 Å². The molecule has 11 heteroatoms. The van der Waals surface area contributed by atoms with Gasteiger partial charge in [0, 0.05) is 25.8 Å². The molecule has 0 unspecified atom stereocenters. The molecule has 0 atom stereocenters. The molecule has 1 saturated heterocycles. The molecule has 9 nitrogen and oxygen atoms in total. The van der Waals surface area contributed by atoms with Gasteiger partial charge in [-0.05, 0) is 18.8 Å². The number of alkyl halides is 2. The highest BCUT2D eigenvalue weighted by molar-refractivity contribution is 5.71. The van der Waals surface area contributed by atoms with Gasteiger partial charge in [0.15, 0.2) is 11.5 Å². The van der Waals surface area contributed by atoms with E-state index in [2.05, 4.69) is 35.3 Å². The zero-order valence-corrected chi connectivity index (χ0v) is 13.7. The van der Waals surface area contributed by atoms with Crippen molar-refractivity contribution in [2.24, 2.45) is 5.92 Å². The molecular formula is C15H17F2N7O2. The summed E-state index contributed by atoms with van der Waals surface area (Å²) in [5, 5.41) is 13.3. The van der Waals surface area contributed by atoms with E-state index in [0.717, 1.165) is 26.1 Å². The average molecular weight is 366 g/mol. The molecule has 0 aliphatic carbocycles. The van der Waals surface area contributed by atoms with Crippen LogP contribution in [-0.2, 0) is 11.3 Å². The fourth-order valence-corrected chi connectivity index (χ4v) is 2.81. The van der Waals surface area contributed by atoms with Crippen molar-refractivity contribution in [3.05, 3.63) is 18.4 Å². The van der Waals surface area contributed by atoms with E-state index in [1.165, 1.54) is 12.3 Å². The van der Waals surface area contributed by atoms with E-state index >= 15 is 0 Å². The second-order valence-electron chi connectivity index (χ2n) is 5.90. The molecule has 1 fully saturated rings. The van der Waals surface area contributed by atoms with Crippen LogP contribution in [0.5, 0.6) is 5.88 Å². The second-order valence-corrected chi connectivity index (χ2v) is 5.90. The van der Waals surface area contributed by atoms with E-state index in [9.17, 15) is 8.78 Å². The van der Waals surface area contributed by atoms with E-state index in [1.807, 2.05) is 0 Å². The van der Waals surface area contributed by atoms with Gasteiger partial charge >= 0.3 is 6.61 Å². The molecule has 0 aromatic carbocycles. The van der Waals surface area contributed by atoms with Crippen molar-refractivity contribution in [1.82, 2.24) is 29.9 Å². The van der Waals surface area contributed by atoms with Gasteiger partial charge < -0.3 is 14.8 Å². The molecule has 3 aromatic heterocycles. The number of hydrogen-bond acceptors (Lipinski definition) is 7. The Kier molecular flexibility index (Phi) is 4.27. The highest BCUT2D eigenvalue weighted by Gasteiger charge is 2.17. The first-order valence-electron chi connectivity index (χ1n) is 8.63. The highest BCUT2D eigenvalue weighted by Crippen LogP contribution is 2.21. The Labute approximate surface area is 148 Å². The van der Waals surface area contributed by atoms with Crippen molar-refractivity contribution >= 4 is 22.8 Å². The van der Waals surface area contributed by atoms with Crippen molar-refractivity contribution in [2.45, 2.75) is 26.0 Å². The van der Waals surface area contributed by atoms with Crippen LogP contribution in [0.3, 0.4) is 0 Å². The topological polar surface area (TPSA) is 103 Å². The van der Waals surface area contributed by atoms with Crippen molar-refractivity contribution in [2.75, 3.05) is 18.5 Å². The Morgan fingerprint density at radius 3 is 3.12 bits per heavy atom. The lowest BCUT2D eigenvalue weighted by Gasteiger charge is -2.21. The van der Waals surface area contributed by atoms with E-state index in [1.54, 1.807) is 4.68 Å². The number of anilines is 2. The molecule has 0 spiro atoms. The number of nitrogens with one attached hydrogen (secondary N) is 2. The Morgan fingerprint density at radius 1 is 1.46 bits per heavy atom. The first-order valence-corrected chi connectivity index (χ1v) is 8.13.